The summed E-state index contributed by atoms with van der Waals surface area (Å²) in [6.45, 7) is 5.76. The summed E-state index contributed by atoms with van der Waals surface area (Å²) in [7, 11) is 10.4. The molecule has 41 heavy (non-hydrogen) atoms. The molecular weight excluding hydrogens is 568 g/mol. The van der Waals surface area contributed by atoms with Crippen molar-refractivity contribution < 1.29 is 42.6 Å². The van der Waals surface area contributed by atoms with E-state index in [1.165, 1.54) is 0 Å². The average molecular weight is 607 g/mol. The largest absolute Gasteiger partial charge is 0.493 e. The second kappa shape index (κ2) is 12.9. The molecule has 0 amide bonds. The molecule has 0 unspecified atom stereocenters. The van der Waals surface area contributed by atoms with Crippen molar-refractivity contribution in [2.45, 2.75) is 20.8 Å². The van der Waals surface area contributed by atoms with Crippen molar-refractivity contribution in [2.24, 2.45) is 0 Å². The van der Waals surface area contributed by atoms with Crippen molar-refractivity contribution in [3.63, 3.8) is 0 Å². The molecule has 0 radical (unpaired) electrons. The van der Waals surface area contributed by atoms with Gasteiger partial charge in [0.2, 0.25) is 17.2 Å². The van der Waals surface area contributed by atoms with Crippen molar-refractivity contribution >= 4 is 34.0 Å². The third kappa shape index (κ3) is 5.03. The molecule has 0 aliphatic rings. The van der Waals surface area contributed by atoms with Gasteiger partial charge in [0, 0.05) is 15.6 Å². The monoisotopic (exact) mass is 606 g/mol. The summed E-state index contributed by atoms with van der Waals surface area (Å²) < 4.78 is 52.6. The molecular formula is C30H39ClO9Si. The fourth-order valence-corrected chi connectivity index (χ4v) is 10.3. The predicted molar refractivity (Wildman–Crippen MR) is 163 cm³/mol. The number of halogens is 1. The quantitative estimate of drug-likeness (QED) is 0.173. The lowest BCUT2D eigenvalue weighted by molar-refractivity contribution is 0.323. The van der Waals surface area contributed by atoms with Crippen LogP contribution in [0.1, 0.15) is 16.7 Å². The maximum absolute atomic E-state index is 8.17. The van der Waals surface area contributed by atoms with E-state index in [1.54, 1.807) is 64.0 Å². The predicted octanol–water partition coefficient (Wildman–Crippen LogP) is 3.89. The minimum atomic E-state index is -3.73. The molecule has 0 N–H and O–H groups in total. The van der Waals surface area contributed by atoms with Crippen LogP contribution in [0.25, 0.3) is 0 Å². The van der Waals surface area contributed by atoms with E-state index in [2.05, 4.69) is 0 Å². The van der Waals surface area contributed by atoms with Gasteiger partial charge < -0.3 is 42.6 Å². The Morgan fingerprint density at radius 2 is 0.561 bits per heavy atom. The van der Waals surface area contributed by atoms with Gasteiger partial charge in [-0.05, 0) is 37.5 Å². The van der Waals surface area contributed by atoms with E-state index in [1.807, 2.05) is 39.0 Å². The lowest BCUT2D eigenvalue weighted by Crippen LogP contribution is -2.64. The van der Waals surface area contributed by atoms with Crippen LogP contribution >= 0.6 is 11.1 Å². The zero-order valence-electron chi connectivity index (χ0n) is 25.8. The molecule has 3 aromatic rings. The number of hydrogen-bond donors (Lipinski definition) is 0. The standard InChI is InChI=1S/C30H39ClO9Si/c1-16-13-19(25(35-7)28(38-10)22(16)32-4)41(31,20-14-17(2)23(33-5)29(39-11)26(20)36-8)21-15-18(3)24(34-6)30(40-12)27(21)37-9/h13-15H,1-12H3. The summed E-state index contributed by atoms with van der Waals surface area (Å²) in [6, 6.07) is 5.86. The van der Waals surface area contributed by atoms with Crippen LogP contribution in [0.3, 0.4) is 0 Å². The van der Waals surface area contributed by atoms with E-state index in [4.69, 9.17) is 53.7 Å². The zero-order chi connectivity index (χ0) is 30.6. The number of benzene rings is 3. The molecule has 0 heterocycles. The van der Waals surface area contributed by atoms with Crippen molar-refractivity contribution in [1.82, 2.24) is 0 Å². The molecule has 0 saturated heterocycles. The normalized spacial score (nSPS) is 11.0. The molecule has 224 valence electrons. The first-order valence-electron chi connectivity index (χ1n) is 12.7. The van der Waals surface area contributed by atoms with Gasteiger partial charge >= 0.3 is 0 Å². The van der Waals surface area contributed by atoms with E-state index in [0.29, 0.717) is 67.3 Å². The van der Waals surface area contributed by atoms with Gasteiger partial charge in [-0.3, -0.25) is 0 Å². The van der Waals surface area contributed by atoms with Crippen LogP contribution in [0, 0.1) is 20.8 Å². The number of rotatable bonds is 12. The first kappa shape index (κ1) is 31.9. The third-order valence-corrected chi connectivity index (χ3v) is 12.3. The average Bonchev–Trinajstić information content (AvgIpc) is 2.98. The van der Waals surface area contributed by atoms with Crippen LogP contribution in [0.15, 0.2) is 18.2 Å². The van der Waals surface area contributed by atoms with Crippen LogP contribution in [0.2, 0.25) is 0 Å². The Labute approximate surface area is 247 Å². The van der Waals surface area contributed by atoms with E-state index < -0.39 is 7.38 Å². The highest BCUT2D eigenvalue weighted by Crippen LogP contribution is 2.46. The molecule has 0 aliphatic heterocycles. The second-order valence-corrected chi connectivity index (χ2v) is 13.8. The summed E-state index contributed by atoms with van der Waals surface area (Å²) in [5, 5.41) is 2.02. The molecule has 0 fully saturated rings. The van der Waals surface area contributed by atoms with E-state index in [-0.39, 0.29) is 0 Å². The fourth-order valence-electron chi connectivity index (χ4n) is 5.38. The Morgan fingerprint density at radius 3 is 0.732 bits per heavy atom. The molecule has 3 rings (SSSR count). The highest BCUT2D eigenvalue weighted by Gasteiger charge is 2.49. The van der Waals surface area contributed by atoms with E-state index in [0.717, 1.165) is 16.7 Å². The number of aryl methyl sites for hydroxylation is 3. The maximum atomic E-state index is 8.17. The smallest absolute Gasteiger partial charge is 0.259 e. The zero-order valence-corrected chi connectivity index (χ0v) is 27.5. The lowest BCUT2D eigenvalue weighted by atomic mass is 10.2. The minimum absolute atomic E-state index is 0.412. The summed E-state index contributed by atoms with van der Waals surface area (Å²) in [6.07, 6.45) is 0. The van der Waals surface area contributed by atoms with E-state index in [9.17, 15) is 0 Å². The van der Waals surface area contributed by atoms with Gasteiger partial charge in [-0.15, -0.1) is 11.1 Å². The fraction of sp³-hybridized carbons (Fsp3) is 0.400. The summed E-state index contributed by atoms with van der Waals surface area (Å²) >= 11 is 8.17. The van der Waals surface area contributed by atoms with Crippen LogP contribution in [-0.4, -0.2) is 71.4 Å². The van der Waals surface area contributed by atoms with Gasteiger partial charge in [0.15, 0.2) is 34.5 Å². The van der Waals surface area contributed by atoms with Gasteiger partial charge in [-0.25, -0.2) is 0 Å². The van der Waals surface area contributed by atoms with Crippen LogP contribution in [0.4, 0.5) is 0 Å². The molecule has 0 atom stereocenters. The van der Waals surface area contributed by atoms with Gasteiger partial charge in [-0.1, -0.05) is 18.2 Å². The van der Waals surface area contributed by atoms with Crippen LogP contribution in [-0.2, 0) is 0 Å². The highest BCUT2D eigenvalue weighted by atomic mass is 35.6. The molecule has 0 spiro atoms. The Bertz CT molecular complexity index is 1260. The first-order chi connectivity index (χ1) is 19.6. The molecule has 0 aliphatic carbocycles. The summed E-state index contributed by atoms with van der Waals surface area (Å²) in [5.74, 6) is 4.09. The molecule has 3 aromatic carbocycles. The van der Waals surface area contributed by atoms with Crippen molar-refractivity contribution in [2.75, 3.05) is 64.0 Å². The highest BCUT2D eigenvalue weighted by molar-refractivity contribution is 7.41. The summed E-state index contributed by atoms with van der Waals surface area (Å²) in [5.41, 5.74) is 2.39. The van der Waals surface area contributed by atoms with Crippen LogP contribution in [0.5, 0.6) is 51.7 Å². The number of methoxy groups -OCH3 is 9. The molecule has 0 bridgehead atoms. The second-order valence-electron chi connectivity index (χ2n) is 9.18. The van der Waals surface area contributed by atoms with Crippen molar-refractivity contribution in [3.8, 4) is 51.7 Å². The number of hydrogen-bond acceptors (Lipinski definition) is 9. The molecule has 0 saturated carbocycles. The Hall–Kier alpha value is -3.63. The van der Waals surface area contributed by atoms with Gasteiger partial charge in [0.25, 0.3) is 7.38 Å². The molecule has 11 heteroatoms. The van der Waals surface area contributed by atoms with Crippen LogP contribution < -0.4 is 58.2 Å². The Kier molecular flexibility index (Phi) is 10.0. The number of ether oxygens (including phenoxy) is 9. The summed E-state index contributed by atoms with van der Waals surface area (Å²) in [4.78, 5) is 0. The van der Waals surface area contributed by atoms with E-state index >= 15 is 0 Å². The Morgan fingerprint density at radius 1 is 0.366 bits per heavy atom. The minimum Gasteiger partial charge on any atom is -0.493 e. The Balaban J connectivity index is 2.74. The van der Waals surface area contributed by atoms with Gasteiger partial charge in [0.05, 0.1) is 64.0 Å². The molecule has 0 aromatic heterocycles. The van der Waals surface area contributed by atoms with Gasteiger partial charge in [0.1, 0.15) is 0 Å². The third-order valence-electron chi connectivity index (χ3n) is 7.08. The topological polar surface area (TPSA) is 83.1 Å². The van der Waals surface area contributed by atoms with Crippen molar-refractivity contribution in [1.29, 1.82) is 0 Å². The lowest BCUT2D eigenvalue weighted by Gasteiger charge is -2.33. The van der Waals surface area contributed by atoms with Crippen molar-refractivity contribution in [3.05, 3.63) is 34.9 Å². The SMILES string of the molecule is COc1c(C)cc([Si](Cl)(c2cc(C)c(OC)c(OC)c2OC)c2cc(C)c(OC)c(OC)c2OC)c(OC)c1OC. The molecule has 9 nitrogen and oxygen atoms in total. The maximum Gasteiger partial charge on any atom is 0.259 e. The van der Waals surface area contributed by atoms with Gasteiger partial charge in [-0.2, -0.15) is 0 Å². The first-order valence-corrected chi connectivity index (χ1v) is 15.7.